The summed E-state index contributed by atoms with van der Waals surface area (Å²) in [7, 11) is 3.10. The number of hydrogen-bond donors (Lipinski definition) is 0. The van der Waals surface area contributed by atoms with Crippen LogP contribution >= 0.6 is 9.03 Å². The van der Waals surface area contributed by atoms with Gasteiger partial charge in [-0.15, -0.1) is 5.10 Å². The Morgan fingerprint density at radius 1 is 1.50 bits per heavy atom. The van der Waals surface area contributed by atoms with Crippen molar-refractivity contribution in [1.29, 1.82) is 0 Å². The quantitative estimate of drug-likeness (QED) is 0.569. The van der Waals surface area contributed by atoms with E-state index in [1.165, 1.54) is 0 Å². The van der Waals surface area contributed by atoms with E-state index < -0.39 is 0 Å². The van der Waals surface area contributed by atoms with Gasteiger partial charge in [0, 0.05) is 0 Å². The number of benzene rings is 1. The van der Waals surface area contributed by atoms with Crippen molar-refractivity contribution in [1.82, 2.24) is 15.0 Å². The van der Waals surface area contributed by atoms with Gasteiger partial charge in [-0.1, -0.05) is 23.9 Å². The summed E-state index contributed by atoms with van der Waals surface area (Å²) >= 11 is 0. The van der Waals surface area contributed by atoms with Crippen LogP contribution in [-0.4, -0.2) is 15.0 Å². The Balaban J connectivity index is 2.62. The van der Waals surface area contributed by atoms with E-state index in [1.807, 2.05) is 24.3 Å². The molecule has 70 valence electrons. The molecule has 1 aromatic carbocycles. The van der Waals surface area contributed by atoms with Gasteiger partial charge in [-0.3, -0.25) is 0 Å². The topological polar surface area (TPSA) is 43.1 Å². The van der Waals surface area contributed by atoms with Gasteiger partial charge < -0.3 is 0 Å². The molecule has 0 aliphatic heterocycles. The second kappa shape index (κ2) is 3.68. The minimum Gasteiger partial charge on any atom is -0.241 e. The Labute approximate surface area is 83.5 Å². The summed E-state index contributed by atoms with van der Waals surface area (Å²) in [5.74, 6) is 0. The van der Waals surface area contributed by atoms with Gasteiger partial charge in [0.2, 0.25) is 0 Å². The van der Waals surface area contributed by atoms with Crippen LogP contribution in [0.2, 0.25) is 0 Å². The molecular weight excluding hydrogens is 195 g/mol. The molecule has 4 nitrogen and oxygen atoms in total. The maximum atomic E-state index is 4.02. The molecule has 2 rings (SSSR count). The zero-order valence-electron chi connectivity index (χ0n) is 7.46. The standard InChI is InChI=1S/C9H9N4P/c1-2-9(11-14)13-8-6-4-3-5-7(8)10-12-13/h2-6,9,14H,1H2. The minimum absolute atomic E-state index is 0.223. The Hall–Kier alpha value is -1.54. The molecule has 0 amide bonds. The van der Waals surface area contributed by atoms with E-state index in [0.29, 0.717) is 0 Å². The third-order valence-corrected chi connectivity index (χ3v) is 2.24. The van der Waals surface area contributed by atoms with E-state index in [1.54, 1.807) is 10.8 Å². The minimum atomic E-state index is -0.223. The molecule has 0 saturated carbocycles. The zero-order chi connectivity index (χ0) is 9.97. The van der Waals surface area contributed by atoms with E-state index in [2.05, 4.69) is 30.7 Å². The van der Waals surface area contributed by atoms with Gasteiger partial charge in [0.1, 0.15) is 5.52 Å². The van der Waals surface area contributed by atoms with Crippen LogP contribution in [0.15, 0.2) is 41.7 Å². The second-order valence-electron chi connectivity index (χ2n) is 2.80. The van der Waals surface area contributed by atoms with Gasteiger partial charge >= 0.3 is 0 Å². The van der Waals surface area contributed by atoms with Crippen molar-refractivity contribution in [3.05, 3.63) is 36.9 Å². The van der Waals surface area contributed by atoms with Crippen molar-refractivity contribution < 1.29 is 0 Å². The molecule has 1 heterocycles. The molecule has 0 aliphatic rings. The lowest BCUT2D eigenvalue weighted by molar-refractivity contribution is 0.563. The van der Waals surface area contributed by atoms with Crippen LogP contribution in [0.4, 0.5) is 0 Å². The molecule has 0 spiro atoms. The molecule has 0 N–H and O–H groups in total. The Morgan fingerprint density at radius 2 is 2.29 bits per heavy atom. The van der Waals surface area contributed by atoms with E-state index in [-0.39, 0.29) is 6.17 Å². The normalized spacial score (nSPS) is 12.6. The number of hydrogen-bond acceptors (Lipinski definition) is 3. The lowest BCUT2D eigenvalue weighted by atomic mass is 10.3. The first kappa shape index (κ1) is 9.03. The third kappa shape index (κ3) is 1.34. The third-order valence-electron chi connectivity index (χ3n) is 1.97. The van der Waals surface area contributed by atoms with Crippen LogP contribution in [0.1, 0.15) is 6.17 Å². The summed E-state index contributed by atoms with van der Waals surface area (Å²) in [5, 5.41) is 8.03. The van der Waals surface area contributed by atoms with Crippen molar-refractivity contribution >= 4 is 20.1 Å². The predicted octanol–water partition coefficient (Wildman–Crippen LogP) is 2.44. The fourth-order valence-electron chi connectivity index (χ4n) is 1.29. The van der Waals surface area contributed by atoms with Crippen LogP contribution in [0.3, 0.4) is 0 Å². The summed E-state index contributed by atoms with van der Waals surface area (Å²) in [6, 6.07) is 7.72. The molecule has 0 radical (unpaired) electrons. The van der Waals surface area contributed by atoms with Crippen molar-refractivity contribution in [3.8, 4) is 0 Å². The monoisotopic (exact) mass is 204 g/mol. The zero-order valence-corrected chi connectivity index (χ0v) is 8.46. The van der Waals surface area contributed by atoms with Crippen LogP contribution in [-0.2, 0) is 0 Å². The van der Waals surface area contributed by atoms with Crippen LogP contribution in [0.25, 0.3) is 11.0 Å². The van der Waals surface area contributed by atoms with Gasteiger partial charge in [0.25, 0.3) is 0 Å². The van der Waals surface area contributed by atoms with Crippen molar-refractivity contribution in [2.75, 3.05) is 0 Å². The SMILES string of the molecule is C=CC(N=P)n1nnc2ccccc21. The average molecular weight is 204 g/mol. The lowest BCUT2D eigenvalue weighted by Gasteiger charge is -2.05. The maximum Gasteiger partial charge on any atom is 0.165 e. The highest BCUT2D eigenvalue weighted by Crippen LogP contribution is 2.17. The summed E-state index contributed by atoms with van der Waals surface area (Å²) < 4.78 is 5.65. The summed E-state index contributed by atoms with van der Waals surface area (Å²) in [5.41, 5.74) is 1.80. The van der Waals surface area contributed by atoms with Gasteiger partial charge in [0.05, 0.1) is 5.52 Å². The second-order valence-corrected chi connectivity index (χ2v) is 3.06. The molecule has 2 aromatic rings. The molecule has 0 saturated heterocycles. The number of nitrogens with zero attached hydrogens (tertiary/aromatic N) is 4. The Morgan fingerprint density at radius 3 is 3.00 bits per heavy atom. The Bertz CT molecular complexity index is 468. The first-order chi connectivity index (χ1) is 6.86. The van der Waals surface area contributed by atoms with E-state index in [4.69, 9.17) is 0 Å². The molecule has 1 aromatic heterocycles. The highest BCUT2D eigenvalue weighted by molar-refractivity contribution is 7.04. The number of rotatable bonds is 3. The molecular formula is C9H9N4P. The van der Waals surface area contributed by atoms with Crippen molar-refractivity contribution in [2.24, 2.45) is 4.74 Å². The van der Waals surface area contributed by atoms with E-state index in [0.717, 1.165) is 11.0 Å². The van der Waals surface area contributed by atoms with Crippen LogP contribution in [0, 0.1) is 0 Å². The van der Waals surface area contributed by atoms with Gasteiger partial charge in [-0.05, 0) is 27.2 Å². The highest BCUT2D eigenvalue weighted by atomic mass is 31.0. The summed E-state index contributed by atoms with van der Waals surface area (Å²) in [4.78, 5) is 0. The highest BCUT2D eigenvalue weighted by Gasteiger charge is 2.09. The van der Waals surface area contributed by atoms with Crippen molar-refractivity contribution in [2.45, 2.75) is 6.17 Å². The fourth-order valence-corrected chi connectivity index (χ4v) is 1.50. The van der Waals surface area contributed by atoms with Crippen LogP contribution in [0.5, 0.6) is 0 Å². The summed E-state index contributed by atoms with van der Waals surface area (Å²) in [6.07, 6.45) is 1.47. The molecule has 5 heteroatoms. The molecule has 1 unspecified atom stereocenters. The summed E-state index contributed by atoms with van der Waals surface area (Å²) in [6.45, 7) is 3.68. The molecule has 1 atom stereocenters. The first-order valence-electron chi connectivity index (χ1n) is 4.16. The lowest BCUT2D eigenvalue weighted by Crippen LogP contribution is -2.04. The molecule has 14 heavy (non-hydrogen) atoms. The largest absolute Gasteiger partial charge is 0.241 e. The number of aromatic nitrogens is 3. The number of fused-ring (bicyclic) bond motifs is 1. The number of para-hydroxylation sites is 1. The Kier molecular flexibility index (Phi) is 2.37. The molecule has 0 fully saturated rings. The van der Waals surface area contributed by atoms with E-state index in [9.17, 15) is 0 Å². The first-order valence-corrected chi connectivity index (χ1v) is 4.60. The van der Waals surface area contributed by atoms with Gasteiger partial charge in [0.15, 0.2) is 6.17 Å². The van der Waals surface area contributed by atoms with E-state index >= 15 is 0 Å². The van der Waals surface area contributed by atoms with Gasteiger partial charge in [-0.2, -0.15) is 0 Å². The van der Waals surface area contributed by atoms with Crippen LogP contribution < -0.4 is 0 Å². The molecule has 0 aliphatic carbocycles. The van der Waals surface area contributed by atoms with Gasteiger partial charge in [-0.25, -0.2) is 9.43 Å². The average Bonchev–Trinajstić information content (AvgIpc) is 2.65. The predicted molar refractivity (Wildman–Crippen MR) is 57.5 cm³/mol. The fraction of sp³-hybridized carbons (Fsp3) is 0.111. The molecule has 0 bridgehead atoms. The van der Waals surface area contributed by atoms with Crippen molar-refractivity contribution in [3.63, 3.8) is 0 Å². The smallest absolute Gasteiger partial charge is 0.165 e. The maximum absolute atomic E-state index is 4.02.